The molecular weight excluding hydrogens is 248 g/mol. The molecule has 0 aliphatic rings. The van der Waals surface area contributed by atoms with E-state index in [1.807, 2.05) is 24.7 Å². The van der Waals surface area contributed by atoms with Crippen LogP contribution in [-0.2, 0) is 12.8 Å². The van der Waals surface area contributed by atoms with Crippen LogP contribution in [-0.4, -0.2) is 39.5 Å². The van der Waals surface area contributed by atoms with E-state index in [-0.39, 0.29) is 0 Å². The van der Waals surface area contributed by atoms with Gasteiger partial charge in [0.25, 0.3) is 0 Å². The maximum Gasteiger partial charge on any atom is 0.0602 e. The molecule has 0 saturated heterocycles. The Morgan fingerprint density at radius 3 is 2.70 bits per heavy atom. The molecule has 20 heavy (non-hydrogen) atoms. The lowest BCUT2D eigenvalue weighted by atomic mass is 10.1. The Balaban J connectivity index is 1.73. The molecule has 0 N–H and O–H groups in total. The van der Waals surface area contributed by atoms with E-state index in [0.717, 1.165) is 31.5 Å². The lowest BCUT2D eigenvalue weighted by Crippen LogP contribution is -2.32. The highest BCUT2D eigenvalue weighted by Crippen LogP contribution is 2.06. The van der Waals surface area contributed by atoms with Crippen LogP contribution in [0.4, 0.5) is 0 Å². The summed E-state index contributed by atoms with van der Waals surface area (Å²) in [5.41, 5.74) is 2.36. The predicted molar refractivity (Wildman–Crippen MR) is 80.4 cm³/mol. The zero-order valence-corrected chi connectivity index (χ0v) is 12.2. The van der Waals surface area contributed by atoms with E-state index in [2.05, 4.69) is 39.9 Å². The van der Waals surface area contributed by atoms with Gasteiger partial charge in [0.05, 0.1) is 5.69 Å². The molecule has 0 bridgehead atoms. The first-order valence-electron chi connectivity index (χ1n) is 7.09. The summed E-state index contributed by atoms with van der Waals surface area (Å²) in [5.74, 6) is 0. The molecule has 0 radical (unpaired) electrons. The molecule has 106 valence electrons. The average molecular weight is 270 g/mol. The van der Waals surface area contributed by atoms with Gasteiger partial charge in [-0.2, -0.15) is 0 Å². The fourth-order valence-corrected chi connectivity index (χ4v) is 2.19. The quantitative estimate of drug-likeness (QED) is 0.774. The van der Waals surface area contributed by atoms with Crippen LogP contribution in [0.25, 0.3) is 0 Å². The molecule has 0 unspecified atom stereocenters. The molecule has 0 spiro atoms. The third-order valence-corrected chi connectivity index (χ3v) is 3.57. The predicted octanol–water partition coefficient (Wildman–Crippen LogP) is 2.37. The van der Waals surface area contributed by atoms with Crippen LogP contribution in [0.5, 0.6) is 0 Å². The van der Waals surface area contributed by atoms with Crippen molar-refractivity contribution in [3.63, 3.8) is 0 Å². The van der Waals surface area contributed by atoms with Crippen LogP contribution in [0.15, 0.2) is 43.1 Å². The van der Waals surface area contributed by atoms with Gasteiger partial charge in [-0.1, -0.05) is 6.07 Å². The van der Waals surface area contributed by atoms with E-state index in [1.165, 1.54) is 5.56 Å². The summed E-state index contributed by atoms with van der Waals surface area (Å²) >= 11 is 0. The summed E-state index contributed by atoms with van der Waals surface area (Å²) in [4.78, 5) is 15.0. The van der Waals surface area contributed by atoms with Gasteiger partial charge in [-0.15, -0.1) is 0 Å². The summed E-state index contributed by atoms with van der Waals surface area (Å²) in [6, 6.07) is 4.60. The standard InChI is InChI=1S/C16H22N4/c1-14(11-16-13-18-8-9-19-16)20(2)10-4-6-15-5-3-7-17-12-15/h3,5,7-9,12-14H,4,6,10-11H2,1-2H3/t14-/m1/s1. The summed E-state index contributed by atoms with van der Waals surface area (Å²) in [7, 11) is 2.17. The first-order chi connectivity index (χ1) is 9.75. The Bertz CT molecular complexity index is 486. The SMILES string of the molecule is C[C@H](Cc1cnccn1)N(C)CCCc1cccnc1. The Morgan fingerprint density at radius 1 is 1.15 bits per heavy atom. The minimum Gasteiger partial charge on any atom is -0.303 e. The maximum atomic E-state index is 4.33. The van der Waals surface area contributed by atoms with Crippen molar-refractivity contribution in [3.8, 4) is 0 Å². The summed E-state index contributed by atoms with van der Waals surface area (Å²) in [5, 5.41) is 0. The van der Waals surface area contributed by atoms with Crippen LogP contribution >= 0.6 is 0 Å². The molecule has 0 aromatic carbocycles. The van der Waals surface area contributed by atoms with Gasteiger partial charge in [-0.25, -0.2) is 0 Å². The van der Waals surface area contributed by atoms with Crippen molar-refractivity contribution in [3.05, 3.63) is 54.4 Å². The molecular formula is C16H22N4. The summed E-state index contributed by atoms with van der Waals surface area (Å²) in [6.45, 7) is 3.31. The smallest absolute Gasteiger partial charge is 0.0602 e. The second-order valence-electron chi connectivity index (χ2n) is 5.20. The van der Waals surface area contributed by atoms with Crippen LogP contribution in [0, 0.1) is 0 Å². The number of aryl methyl sites for hydroxylation is 1. The van der Waals surface area contributed by atoms with Crippen molar-refractivity contribution in [2.45, 2.75) is 32.2 Å². The minimum atomic E-state index is 0.473. The molecule has 0 aliphatic heterocycles. The molecule has 2 heterocycles. The van der Waals surface area contributed by atoms with Gasteiger partial charge in [-0.05, 0) is 45.0 Å². The first kappa shape index (κ1) is 14.6. The minimum absolute atomic E-state index is 0.473. The molecule has 4 heteroatoms. The highest BCUT2D eigenvalue weighted by Gasteiger charge is 2.10. The van der Waals surface area contributed by atoms with Crippen molar-refractivity contribution >= 4 is 0 Å². The second kappa shape index (κ2) is 7.70. The molecule has 1 atom stereocenters. The molecule has 0 aliphatic carbocycles. The largest absolute Gasteiger partial charge is 0.303 e. The van der Waals surface area contributed by atoms with Crippen molar-refractivity contribution in [1.29, 1.82) is 0 Å². The maximum absolute atomic E-state index is 4.33. The number of aromatic nitrogens is 3. The van der Waals surface area contributed by atoms with Crippen molar-refractivity contribution < 1.29 is 0 Å². The normalized spacial score (nSPS) is 12.6. The van der Waals surface area contributed by atoms with Crippen LogP contribution in [0.2, 0.25) is 0 Å². The first-order valence-corrected chi connectivity index (χ1v) is 7.09. The fourth-order valence-electron chi connectivity index (χ4n) is 2.19. The van der Waals surface area contributed by atoms with E-state index < -0.39 is 0 Å². The number of likely N-dealkylation sites (N-methyl/N-ethyl adjacent to an activating group) is 1. The van der Waals surface area contributed by atoms with E-state index in [9.17, 15) is 0 Å². The Labute approximate surface area is 120 Å². The van der Waals surface area contributed by atoms with Gasteiger partial charge in [0.2, 0.25) is 0 Å². The van der Waals surface area contributed by atoms with E-state index >= 15 is 0 Å². The lowest BCUT2D eigenvalue weighted by Gasteiger charge is -2.24. The number of nitrogens with zero attached hydrogens (tertiary/aromatic N) is 4. The lowest BCUT2D eigenvalue weighted by molar-refractivity contribution is 0.252. The molecule has 2 rings (SSSR count). The van der Waals surface area contributed by atoms with Gasteiger partial charge in [0.15, 0.2) is 0 Å². The van der Waals surface area contributed by atoms with Crippen molar-refractivity contribution in [1.82, 2.24) is 19.9 Å². The Kier molecular flexibility index (Phi) is 5.62. The van der Waals surface area contributed by atoms with E-state index in [1.54, 1.807) is 12.4 Å². The van der Waals surface area contributed by atoms with Gasteiger partial charge in [-0.3, -0.25) is 15.0 Å². The zero-order valence-electron chi connectivity index (χ0n) is 12.2. The van der Waals surface area contributed by atoms with Crippen molar-refractivity contribution in [2.75, 3.05) is 13.6 Å². The monoisotopic (exact) mass is 270 g/mol. The van der Waals surface area contributed by atoms with Crippen LogP contribution in [0.3, 0.4) is 0 Å². The molecule has 0 amide bonds. The van der Waals surface area contributed by atoms with Gasteiger partial charge < -0.3 is 4.90 Å². The molecule has 0 saturated carbocycles. The number of rotatable bonds is 7. The fraction of sp³-hybridized carbons (Fsp3) is 0.438. The topological polar surface area (TPSA) is 41.9 Å². The van der Waals surface area contributed by atoms with Gasteiger partial charge in [0.1, 0.15) is 0 Å². The Morgan fingerprint density at radius 2 is 2.00 bits per heavy atom. The van der Waals surface area contributed by atoms with Crippen LogP contribution in [0.1, 0.15) is 24.6 Å². The number of hydrogen-bond acceptors (Lipinski definition) is 4. The van der Waals surface area contributed by atoms with Gasteiger partial charge in [0, 0.05) is 43.4 Å². The highest BCUT2D eigenvalue weighted by atomic mass is 15.1. The zero-order chi connectivity index (χ0) is 14.2. The second-order valence-corrected chi connectivity index (χ2v) is 5.20. The molecule has 2 aromatic heterocycles. The number of pyridine rings is 1. The van der Waals surface area contributed by atoms with Crippen molar-refractivity contribution in [2.24, 2.45) is 0 Å². The molecule has 2 aromatic rings. The van der Waals surface area contributed by atoms with E-state index in [4.69, 9.17) is 0 Å². The number of hydrogen-bond donors (Lipinski definition) is 0. The van der Waals surface area contributed by atoms with E-state index in [0.29, 0.717) is 6.04 Å². The Hall–Kier alpha value is -1.81. The van der Waals surface area contributed by atoms with Crippen LogP contribution < -0.4 is 0 Å². The van der Waals surface area contributed by atoms with Gasteiger partial charge >= 0.3 is 0 Å². The third kappa shape index (κ3) is 4.70. The molecule has 4 nitrogen and oxygen atoms in total. The highest BCUT2D eigenvalue weighted by molar-refractivity contribution is 5.08. The average Bonchev–Trinajstić information content (AvgIpc) is 2.49. The summed E-state index contributed by atoms with van der Waals surface area (Å²) in [6.07, 6.45) is 12.2. The summed E-state index contributed by atoms with van der Waals surface area (Å²) < 4.78 is 0. The molecule has 0 fully saturated rings. The third-order valence-electron chi connectivity index (χ3n) is 3.57.